The van der Waals surface area contributed by atoms with E-state index in [1.54, 1.807) is 0 Å². The largest absolute Gasteiger partial charge is 0.342 e. The highest BCUT2D eigenvalue weighted by atomic mass is 16.2. The van der Waals surface area contributed by atoms with Gasteiger partial charge in [-0.25, -0.2) is 4.98 Å². The Morgan fingerprint density at radius 1 is 1.56 bits per heavy atom. The van der Waals surface area contributed by atoms with Crippen molar-refractivity contribution in [2.24, 2.45) is 0 Å². The van der Waals surface area contributed by atoms with Gasteiger partial charge in [-0.15, -0.1) is 0 Å². The van der Waals surface area contributed by atoms with Crippen molar-refractivity contribution in [2.75, 3.05) is 13.1 Å². The lowest BCUT2D eigenvalue weighted by Gasteiger charge is -2.14. The second-order valence-electron chi connectivity index (χ2n) is 4.08. The Labute approximate surface area is 93.5 Å². The number of aromatic nitrogens is 2. The van der Waals surface area contributed by atoms with Crippen molar-refractivity contribution >= 4 is 5.91 Å². The molecule has 1 aromatic heterocycles. The Kier molecular flexibility index (Phi) is 3.03. The zero-order chi connectivity index (χ0) is 11.5. The SMILES string of the molecule is CCCN1CC(c2cc(=O)[nH]cn2)CC1=O. The molecule has 0 aromatic carbocycles. The summed E-state index contributed by atoms with van der Waals surface area (Å²) in [6.45, 7) is 3.52. The summed E-state index contributed by atoms with van der Waals surface area (Å²) in [5, 5.41) is 0. The molecule has 2 heterocycles. The molecule has 5 nitrogen and oxygen atoms in total. The van der Waals surface area contributed by atoms with Crippen LogP contribution in [-0.2, 0) is 4.79 Å². The molecule has 1 saturated heterocycles. The predicted molar refractivity (Wildman–Crippen MR) is 59.1 cm³/mol. The Morgan fingerprint density at radius 3 is 3.06 bits per heavy atom. The summed E-state index contributed by atoms with van der Waals surface area (Å²) >= 11 is 0. The molecule has 1 aromatic rings. The summed E-state index contributed by atoms with van der Waals surface area (Å²) < 4.78 is 0. The third kappa shape index (κ3) is 2.13. The smallest absolute Gasteiger partial charge is 0.250 e. The maximum absolute atomic E-state index is 11.6. The monoisotopic (exact) mass is 221 g/mol. The Hall–Kier alpha value is -1.65. The van der Waals surface area contributed by atoms with Gasteiger partial charge >= 0.3 is 0 Å². The average molecular weight is 221 g/mol. The summed E-state index contributed by atoms with van der Waals surface area (Å²) in [5.74, 6) is 0.232. The molecular weight excluding hydrogens is 206 g/mol. The van der Waals surface area contributed by atoms with E-state index >= 15 is 0 Å². The van der Waals surface area contributed by atoms with Crippen LogP contribution in [0.4, 0.5) is 0 Å². The van der Waals surface area contributed by atoms with E-state index in [-0.39, 0.29) is 17.4 Å². The van der Waals surface area contributed by atoms with Gasteiger partial charge in [-0.3, -0.25) is 9.59 Å². The highest BCUT2D eigenvalue weighted by Gasteiger charge is 2.30. The highest BCUT2D eigenvalue weighted by Crippen LogP contribution is 2.25. The number of aromatic amines is 1. The maximum atomic E-state index is 11.6. The minimum absolute atomic E-state index is 0.0707. The molecule has 2 rings (SSSR count). The van der Waals surface area contributed by atoms with Crippen LogP contribution in [0, 0.1) is 0 Å². The van der Waals surface area contributed by atoms with Gasteiger partial charge in [0.1, 0.15) is 0 Å². The van der Waals surface area contributed by atoms with Gasteiger partial charge in [-0.2, -0.15) is 0 Å². The minimum Gasteiger partial charge on any atom is -0.342 e. The lowest BCUT2D eigenvalue weighted by Crippen LogP contribution is -2.25. The van der Waals surface area contributed by atoms with Crippen molar-refractivity contribution in [1.82, 2.24) is 14.9 Å². The van der Waals surface area contributed by atoms with E-state index in [0.717, 1.165) is 18.7 Å². The Morgan fingerprint density at radius 2 is 2.38 bits per heavy atom. The number of hydrogen-bond donors (Lipinski definition) is 1. The van der Waals surface area contributed by atoms with Crippen molar-refractivity contribution in [2.45, 2.75) is 25.7 Å². The zero-order valence-corrected chi connectivity index (χ0v) is 9.27. The van der Waals surface area contributed by atoms with Gasteiger partial charge in [0.15, 0.2) is 0 Å². The Bertz CT molecular complexity index is 441. The molecule has 16 heavy (non-hydrogen) atoms. The fourth-order valence-corrected chi connectivity index (χ4v) is 2.06. The zero-order valence-electron chi connectivity index (χ0n) is 9.27. The second-order valence-corrected chi connectivity index (χ2v) is 4.08. The number of carbonyl (C=O) groups excluding carboxylic acids is 1. The van der Waals surface area contributed by atoms with Crippen LogP contribution < -0.4 is 5.56 Å². The van der Waals surface area contributed by atoms with Gasteiger partial charge in [0.25, 0.3) is 5.56 Å². The molecule has 5 heteroatoms. The summed E-state index contributed by atoms with van der Waals surface area (Å²) in [4.78, 5) is 31.2. The molecule has 1 N–H and O–H groups in total. The number of nitrogens with one attached hydrogen (secondary N) is 1. The van der Waals surface area contributed by atoms with E-state index < -0.39 is 0 Å². The average Bonchev–Trinajstić information content (AvgIpc) is 2.61. The number of carbonyl (C=O) groups is 1. The molecule has 86 valence electrons. The quantitative estimate of drug-likeness (QED) is 0.808. The number of amides is 1. The van der Waals surface area contributed by atoms with E-state index in [9.17, 15) is 9.59 Å². The number of nitrogens with zero attached hydrogens (tertiary/aromatic N) is 2. The first kappa shape index (κ1) is 10.9. The standard InChI is InChI=1S/C11H15N3O2/c1-2-3-14-6-8(4-11(14)16)9-5-10(15)13-7-12-9/h5,7-8H,2-4,6H2,1H3,(H,12,13,15). The number of likely N-dealkylation sites (tertiary alicyclic amines) is 1. The minimum atomic E-state index is -0.161. The fourth-order valence-electron chi connectivity index (χ4n) is 2.06. The molecule has 1 aliphatic rings. The molecule has 0 bridgehead atoms. The lowest BCUT2D eigenvalue weighted by atomic mass is 10.0. The first-order valence-corrected chi connectivity index (χ1v) is 5.53. The van der Waals surface area contributed by atoms with Crippen LogP contribution in [0.15, 0.2) is 17.2 Å². The summed E-state index contributed by atoms with van der Waals surface area (Å²) in [5.41, 5.74) is 0.557. The molecule has 0 radical (unpaired) electrons. The molecule has 1 unspecified atom stereocenters. The van der Waals surface area contributed by atoms with Gasteiger partial charge < -0.3 is 9.88 Å². The predicted octanol–water partition coefficient (Wildman–Crippen LogP) is 0.496. The van der Waals surface area contributed by atoms with Gasteiger partial charge in [0.05, 0.1) is 12.0 Å². The Balaban J connectivity index is 2.13. The molecule has 0 spiro atoms. The topological polar surface area (TPSA) is 66.1 Å². The normalized spacial score (nSPS) is 20.4. The van der Waals surface area contributed by atoms with Crippen molar-refractivity contribution < 1.29 is 4.79 Å². The summed E-state index contributed by atoms with van der Waals surface area (Å²) in [6.07, 6.45) is 2.82. The fraction of sp³-hybridized carbons (Fsp3) is 0.545. The number of H-pyrrole nitrogens is 1. The van der Waals surface area contributed by atoms with Gasteiger partial charge in [-0.1, -0.05) is 6.92 Å². The van der Waals surface area contributed by atoms with Crippen LogP contribution >= 0.6 is 0 Å². The van der Waals surface area contributed by atoms with E-state index in [1.807, 2.05) is 11.8 Å². The van der Waals surface area contributed by atoms with Crippen molar-refractivity contribution in [3.63, 3.8) is 0 Å². The van der Waals surface area contributed by atoms with E-state index in [2.05, 4.69) is 9.97 Å². The van der Waals surface area contributed by atoms with E-state index in [0.29, 0.717) is 13.0 Å². The van der Waals surface area contributed by atoms with Crippen molar-refractivity contribution in [3.05, 3.63) is 28.4 Å². The van der Waals surface area contributed by atoms with Crippen LogP contribution in [0.5, 0.6) is 0 Å². The van der Waals surface area contributed by atoms with Crippen LogP contribution in [0.2, 0.25) is 0 Å². The van der Waals surface area contributed by atoms with Crippen molar-refractivity contribution in [1.29, 1.82) is 0 Å². The molecule has 0 aliphatic carbocycles. The van der Waals surface area contributed by atoms with Gasteiger partial charge in [-0.05, 0) is 6.42 Å². The molecule has 0 saturated carbocycles. The second kappa shape index (κ2) is 4.47. The third-order valence-electron chi connectivity index (χ3n) is 2.83. The lowest BCUT2D eigenvalue weighted by molar-refractivity contribution is -0.127. The van der Waals surface area contributed by atoms with Crippen LogP contribution in [0.3, 0.4) is 0 Å². The van der Waals surface area contributed by atoms with Crippen LogP contribution in [0.25, 0.3) is 0 Å². The van der Waals surface area contributed by atoms with Crippen molar-refractivity contribution in [3.8, 4) is 0 Å². The molecule has 1 amide bonds. The first-order valence-electron chi connectivity index (χ1n) is 5.53. The van der Waals surface area contributed by atoms with Gasteiger partial charge in [0, 0.05) is 31.5 Å². The number of hydrogen-bond acceptors (Lipinski definition) is 3. The molecule has 1 aliphatic heterocycles. The first-order chi connectivity index (χ1) is 7.70. The summed E-state index contributed by atoms with van der Waals surface area (Å²) in [7, 11) is 0. The maximum Gasteiger partial charge on any atom is 0.250 e. The van der Waals surface area contributed by atoms with Gasteiger partial charge in [0.2, 0.25) is 5.91 Å². The molecular formula is C11H15N3O2. The third-order valence-corrected chi connectivity index (χ3v) is 2.83. The molecule has 1 atom stereocenters. The van der Waals surface area contributed by atoms with E-state index in [1.165, 1.54) is 12.4 Å². The summed E-state index contributed by atoms with van der Waals surface area (Å²) in [6, 6.07) is 1.48. The highest BCUT2D eigenvalue weighted by molar-refractivity contribution is 5.79. The molecule has 1 fully saturated rings. The number of rotatable bonds is 3. The van der Waals surface area contributed by atoms with E-state index in [4.69, 9.17) is 0 Å². The van der Waals surface area contributed by atoms with Crippen LogP contribution in [0.1, 0.15) is 31.4 Å². The van der Waals surface area contributed by atoms with Crippen LogP contribution in [-0.4, -0.2) is 33.9 Å².